The van der Waals surface area contributed by atoms with Gasteiger partial charge in [-0.3, -0.25) is 0 Å². The van der Waals surface area contributed by atoms with Crippen LogP contribution in [0, 0.1) is 5.92 Å². The summed E-state index contributed by atoms with van der Waals surface area (Å²) >= 11 is 0. The van der Waals surface area contributed by atoms with E-state index in [9.17, 15) is 0 Å². The second-order valence-electron chi connectivity index (χ2n) is 4.83. The topological polar surface area (TPSA) is 39.1 Å². The molecule has 0 radical (unpaired) electrons. The molecule has 0 aliphatic heterocycles. The van der Waals surface area contributed by atoms with E-state index in [2.05, 4.69) is 14.9 Å². The molecule has 0 amide bonds. The molecule has 4 nitrogen and oxygen atoms in total. The van der Waals surface area contributed by atoms with Gasteiger partial charge in [0.05, 0.1) is 0 Å². The Morgan fingerprint density at radius 1 is 1.47 bits per heavy atom. The molecule has 1 aliphatic rings. The molecule has 0 unspecified atom stereocenters. The number of aromatic nitrogens is 2. The molecular formula is C13H23N3O. The molecule has 17 heavy (non-hydrogen) atoms. The third kappa shape index (κ3) is 4.88. The molecule has 0 aromatic carbocycles. The smallest absolute Gasteiger partial charge is 0.109 e. The minimum atomic E-state index is 0.881. The van der Waals surface area contributed by atoms with Crippen molar-refractivity contribution in [3.63, 3.8) is 0 Å². The molecule has 0 saturated heterocycles. The Labute approximate surface area is 103 Å². The van der Waals surface area contributed by atoms with Gasteiger partial charge in [-0.05, 0) is 31.7 Å². The molecule has 1 aromatic rings. The van der Waals surface area contributed by atoms with Crippen LogP contribution in [0.5, 0.6) is 0 Å². The summed E-state index contributed by atoms with van der Waals surface area (Å²) in [7, 11) is 2.04. The molecule has 0 bridgehead atoms. The predicted octanol–water partition coefficient (Wildman–Crippen LogP) is 1.37. The Morgan fingerprint density at radius 2 is 2.35 bits per heavy atom. The van der Waals surface area contributed by atoms with Gasteiger partial charge in [-0.25, -0.2) is 4.98 Å². The molecule has 1 saturated carbocycles. The molecule has 0 spiro atoms. The molecule has 1 aromatic heterocycles. The first-order chi connectivity index (χ1) is 8.36. The number of ether oxygens (including phenoxy) is 1. The summed E-state index contributed by atoms with van der Waals surface area (Å²) in [4.78, 5) is 4.29. The highest BCUT2D eigenvalue weighted by Crippen LogP contribution is 2.28. The van der Waals surface area contributed by atoms with Gasteiger partial charge in [-0.2, -0.15) is 0 Å². The van der Waals surface area contributed by atoms with Crippen LogP contribution < -0.4 is 5.32 Å². The average Bonchev–Trinajstić information content (AvgIpc) is 3.06. The first kappa shape index (κ1) is 12.6. The largest absolute Gasteiger partial charge is 0.381 e. The zero-order valence-electron chi connectivity index (χ0n) is 10.7. The highest BCUT2D eigenvalue weighted by atomic mass is 16.5. The van der Waals surface area contributed by atoms with Crippen molar-refractivity contribution in [2.45, 2.75) is 25.7 Å². The maximum absolute atomic E-state index is 5.57. The number of rotatable bonds is 9. The Kier molecular flexibility index (Phi) is 5.01. The first-order valence-electron chi connectivity index (χ1n) is 6.61. The van der Waals surface area contributed by atoms with Crippen molar-refractivity contribution in [1.29, 1.82) is 0 Å². The Hall–Kier alpha value is -0.870. The summed E-state index contributed by atoms with van der Waals surface area (Å²) in [6, 6.07) is 0. The lowest BCUT2D eigenvalue weighted by Crippen LogP contribution is -2.21. The molecule has 0 atom stereocenters. The standard InChI is InChI=1S/C13H23N3O/c1-16-9-8-15-13(16)5-7-14-6-2-10-17-11-12-3-4-12/h8-9,12,14H,2-7,10-11H2,1H3. The van der Waals surface area contributed by atoms with Crippen LogP contribution in [0.2, 0.25) is 0 Å². The van der Waals surface area contributed by atoms with Gasteiger partial charge in [0.15, 0.2) is 0 Å². The van der Waals surface area contributed by atoms with Gasteiger partial charge in [0.2, 0.25) is 0 Å². The normalized spacial score (nSPS) is 15.4. The molecule has 1 aliphatic carbocycles. The van der Waals surface area contributed by atoms with E-state index >= 15 is 0 Å². The second-order valence-corrected chi connectivity index (χ2v) is 4.83. The molecular weight excluding hydrogens is 214 g/mol. The third-order valence-corrected chi connectivity index (χ3v) is 3.14. The zero-order valence-corrected chi connectivity index (χ0v) is 10.7. The summed E-state index contributed by atoms with van der Waals surface area (Å²) in [6.07, 6.45) is 8.69. The summed E-state index contributed by atoms with van der Waals surface area (Å²) in [5.41, 5.74) is 0. The van der Waals surface area contributed by atoms with E-state index in [1.165, 1.54) is 12.8 Å². The van der Waals surface area contributed by atoms with E-state index in [-0.39, 0.29) is 0 Å². The fourth-order valence-corrected chi connectivity index (χ4v) is 1.80. The van der Waals surface area contributed by atoms with Crippen LogP contribution in [0.15, 0.2) is 12.4 Å². The van der Waals surface area contributed by atoms with Crippen molar-refractivity contribution < 1.29 is 4.74 Å². The molecule has 1 fully saturated rings. The van der Waals surface area contributed by atoms with Crippen molar-refractivity contribution in [2.75, 3.05) is 26.3 Å². The number of aryl methyl sites for hydroxylation is 1. The minimum Gasteiger partial charge on any atom is -0.381 e. The second kappa shape index (κ2) is 6.77. The van der Waals surface area contributed by atoms with Crippen LogP contribution in [0.4, 0.5) is 0 Å². The number of imidazole rings is 1. The van der Waals surface area contributed by atoms with Gasteiger partial charge in [0, 0.05) is 45.6 Å². The predicted molar refractivity (Wildman–Crippen MR) is 67.9 cm³/mol. The summed E-state index contributed by atoms with van der Waals surface area (Å²) < 4.78 is 7.64. The van der Waals surface area contributed by atoms with Crippen LogP contribution in [0.25, 0.3) is 0 Å². The van der Waals surface area contributed by atoms with Crippen molar-refractivity contribution in [1.82, 2.24) is 14.9 Å². The van der Waals surface area contributed by atoms with E-state index < -0.39 is 0 Å². The molecule has 4 heteroatoms. The third-order valence-electron chi connectivity index (χ3n) is 3.14. The number of hydrogen-bond acceptors (Lipinski definition) is 3. The van der Waals surface area contributed by atoms with Crippen molar-refractivity contribution in [3.05, 3.63) is 18.2 Å². The number of nitrogens with one attached hydrogen (secondary N) is 1. The summed E-state index contributed by atoms with van der Waals surface area (Å²) in [5, 5.41) is 3.42. The Bertz CT molecular complexity index is 320. The van der Waals surface area contributed by atoms with Crippen LogP contribution in [-0.4, -0.2) is 35.9 Å². The van der Waals surface area contributed by atoms with E-state index in [4.69, 9.17) is 4.74 Å². The van der Waals surface area contributed by atoms with E-state index in [1.807, 2.05) is 19.4 Å². The maximum Gasteiger partial charge on any atom is 0.109 e. The van der Waals surface area contributed by atoms with Gasteiger partial charge in [0.25, 0.3) is 0 Å². The fourth-order valence-electron chi connectivity index (χ4n) is 1.80. The van der Waals surface area contributed by atoms with Gasteiger partial charge in [0.1, 0.15) is 5.82 Å². The SMILES string of the molecule is Cn1ccnc1CCNCCCOCC1CC1. The first-order valence-corrected chi connectivity index (χ1v) is 6.61. The maximum atomic E-state index is 5.57. The molecule has 1 heterocycles. The fraction of sp³-hybridized carbons (Fsp3) is 0.769. The monoisotopic (exact) mass is 237 g/mol. The molecule has 2 rings (SSSR count). The van der Waals surface area contributed by atoms with Crippen molar-refractivity contribution >= 4 is 0 Å². The average molecular weight is 237 g/mol. The van der Waals surface area contributed by atoms with E-state index in [0.29, 0.717) is 0 Å². The molecule has 1 N–H and O–H groups in total. The van der Waals surface area contributed by atoms with Gasteiger partial charge < -0.3 is 14.6 Å². The minimum absolute atomic E-state index is 0.881. The lowest BCUT2D eigenvalue weighted by molar-refractivity contribution is 0.122. The van der Waals surface area contributed by atoms with Crippen LogP contribution in [0.1, 0.15) is 25.1 Å². The Balaban J connectivity index is 1.39. The van der Waals surface area contributed by atoms with Crippen LogP contribution in [0.3, 0.4) is 0 Å². The number of nitrogens with zero attached hydrogens (tertiary/aromatic N) is 2. The highest BCUT2D eigenvalue weighted by Gasteiger charge is 2.20. The zero-order chi connectivity index (χ0) is 11.9. The lowest BCUT2D eigenvalue weighted by atomic mass is 10.3. The van der Waals surface area contributed by atoms with Crippen molar-refractivity contribution in [3.8, 4) is 0 Å². The summed E-state index contributed by atoms with van der Waals surface area (Å²) in [5.74, 6) is 2.02. The van der Waals surface area contributed by atoms with Gasteiger partial charge in [-0.15, -0.1) is 0 Å². The number of hydrogen-bond donors (Lipinski definition) is 1. The van der Waals surface area contributed by atoms with Crippen LogP contribution in [-0.2, 0) is 18.2 Å². The highest BCUT2D eigenvalue weighted by molar-refractivity contribution is 4.91. The van der Waals surface area contributed by atoms with E-state index in [0.717, 1.165) is 50.9 Å². The lowest BCUT2D eigenvalue weighted by Gasteiger charge is -2.05. The summed E-state index contributed by atoms with van der Waals surface area (Å²) in [6.45, 7) is 3.90. The van der Waals surface area contributed by atoms with Gasteiger partial charge >= 0.3 is 0 Å². The van der Waals surface area contributed by atoms with Gasteiger partial charge in [-0.1, -0.05) is 0 Å². The van der Waals surface area contributed by atoms with Crippen molar-refractivity contribution in [2.24, 2.45) is 13.0 Å². The molecule has 96 valence electrons. The van der Waals surface area contributed by atoms with Crippen LogP contribution >= 0.6 is 0 Å². The van der Waals surface area contributed by atoms with E-state index in [1.54, 1.807) is 0 Å². The Morgan fingerprint density at radius 3 is 3.06 bits per heavy atom. The quantitative estimate of drug-likeness (QED) is 0.659.